The molecule has 0 amide bonds. The van der Waals surface area contributed by atoms with E-state index in [9.17, 15) is 92.2 Å². The van der Waals surface area contributed by atoms with Gasteiger partial charge in [-0.1, -0.05) is 157 Å². The van der Waals surface area contributed by atoms with E-state index in [1.807, 2.05) is 108 Å². The maximum absolute atomic E-state index is 13.0. The van der Waals surface area contributed by atoms with Crippen molar-refractivity contribution in [1.29, 1.82) is 0 Å². The van der Waals surface area contributed by atoms with Crippen LogP contribution in [0, 0.1) is 86.9 Å². The minimum atomic E-state index is -5.79. The summed E-state index contributed by atoms with van der Waals surface area (Å²) in [6.45, 7) is 13.5. The zero-order valence-electron chi connectivity index (χ0n) is 81.8. The van der Waals surface area contributed by atoms with Crippen molar-refractivity contribution in [3.05, 3.63) is 279 Å². The van der Waals surface area contributed by atoms with E-state index in [1.165, 1.54) is 24.6 Å². The molecule has 12 aliphatic carbocycles. The van der Waals surface area contributed by atoms with Gasteiger partial charge >= 0.3 is 21.6 Å². The lowest BCUT2D eigenvalue weighted by molar-refractivity contribution is -0.146. The quantitative estimate of drug-likeness (QED) is 0.0180. The lowest BCUT2D eigenvalue weighted by Crippen LogP contribution is -2.29. The molecule has 8 aromatic rings. The van der Waals surface area contributed by atoms with Crippen molar-refractivity contribution in [2.24, 2.45) is 45.3 Å². The molecule has 4 bridgehead atoms. The molecule has 0 aliphatic heterocycles. The molecule has 15 nitrogen and oxygen atoms in total. The summed E-state index contributed by atoms with van der Waals surface area (Å²) in [5.41, 5.74) is 15.0. The van der Waals surface area contributed by atoms with Crippen molar-refractivity contribution >= 4 is 239 Å². The van der Waals surface area contributed by atoms with Crippen LogP contribution in [0.4, 0.5) is 30.7 Å². The fourth-order valence-corrected chi connectivity index (χ4v) is 23.2. The maximum atomic E-state index is 13.0. The van der Waals surface area contributed by atoms with E-state index in [0.29, 0.717) is 146 Å². The molecule has 12 aliphatic rings. The highest BCUT2D eigenvalue weighted by atomic mass is 79.9. The molecule has 8 unspecified atom stereocenters. The van der Waals surface area contributed by atoms with Crippen molar-refractivity contribution in [3.63, 3.8) is 0 Å². The number of hydrogen-bond acceptors (Lipinski definition) is 15. The highest BCUT2D eigenvalue weighted by molar-refractivity contribution is 9.09. The molecule has 0 heterocycles. The molecule has 790 valence electrons. The van der Waals surface area contributed by atoms with E-state index in [-0.39, 0.29) is 128 Å². The van der Waals surface area contributed by atoms with Crippen molar-refractivity contribution in [1.82, 2.24) is 0 Å². The normalized spacial score (nSPS) is 21.2. The molecular weight excluding hydrogens is 2240 g/mol. The van der Waals surface area contributed by atoms with Gasteiger partial charge in [-0.15, -0.1) is 34.8 Å². The van der Waals surface area contributed by atoms with Crippen molar-refractivity contribution in [3.8, 4) is 11.5 Å². The third kappa shape index (κ3) is 29.0. The number of ether oxygens (including phenoxy) is 1. The number of hydrogen-bond donors (Lipinski definition) is 1. The summed E-state index contributed by atoms with van der Waals surface area (Å²) in [6, 6.07) is 32.6. The van der Waals surface area contributed by atoms with Crippen molar-refractivity contribution in [2.75, 3.05) is 49.9 Å². The smallest absolute Gasteiger partial charge is 0.506 e. The first kappa shape index (κ1) is 121. The number of carbonyl (C=O) groups is 10. The fraction of sp³-hybridized carbons (Fsp3) is 0.423. The summed E-state index contributed by atoms with van der Waals surface area (Å²) in [4.78, 5) is 116. The van der Waals surface area contributed by atoms with Crippen LogP contribution < -0.4 is 4.18 Å². The minimum Gasteiger partial charge on any atom is -0.506 e. The Bertz CT molecular complexity index is 6610. The van der Waals surface area contributed by atoms with Crippen LogP contribution in [-0.2, 0) is 88.6 Å². The number of carbonyl (C=O) groups excluding carboxylic acids is 10. The first-order valence-corrected chi connectivity index (χ1v) is 55.1. The number of ketones is 8. The molecule has 20 rings (SSSR count). The number of fused-ring (bicyclic) bond motifs is 13. The monoisotopic (exact) mass is 2350 g/mol. The lowest BCUT2D eigenvalue weighted by Gasteiger charge is -2.32. The van der Waals surface area contributed by atoms with Crippen LogP contribution >= 0.6 is 155 Å². The van der Waals surface area contributed by atoms with Gasteiger partial charge in [-0.25, -0.2) is 0 Å². The number of benzene rings is 8. The first-order valence-electron chi connectivity index (χ1n) is 47.6. The van der Waals surface area contributed by atoms with Gasteiger partial charge in [-0.3, -0.25) is 60.7 Å². The Kier molecular flexibility index (Phi) is 43.7. The van der Waals surface area contributed by atoms with Crippen molar-refractivity contribution < 1.29 is 101 Å². The first-order chi connectivity index (χ1) is 69.3. The highest BCUT2D eigenvalue weighted by Gasteiger charge is 2.55. The van der Waals surface area contributed by atoms with Gasteiger partial charge in [-0.05, 0) is 367 Å². The summed E-state index contributed by atoms with van der Waals surface area (Å²) >= 11 is 70.1. The second kappa shape index (κ2) is 52.9. The molecule has 0 saturated heterocycles. The van der Waals surface area contributed by atoms with E-state index in [0.717, 1.165) is 157 Å². The van der Waals surface area contributed by atoms with Crippen LogP contribution in [0.1, 0.15) is 241 Å². The molecule has 2 fully saturated rings. The highest BCUT2D eigenvalue weighted by Crippen LogP contribution is 2.64. The zero-order valence-corrected chi connectivity index (χ0v) is 93.3. The number of allylic oxidation sites excluding steroid dienone is 6. The van der Waals surface area contributed by atoms with Gasteiger partial charge in [0.2, 0.25) is 5.24 Å². The van der Waals surface area contributed by atoms with Crippen LogP contribution in [-0.4, -0.2) is 126 Å². The molecule has 1 N–H and O–H groups in total. The number of phenolic OH excluding ortho intramolecular Hbond substituents is 1. The Morgan fingerprint density at radius 3 is 1.43 bits per heavy atom. The van der Waals surface area contributed by atoms with E-state index in [1.54, 1.807) is 49.4 Å². The summed E-state index contributed by atoms with van der Waals surface area (Å²) < 4.78 is 118. The molecule has 2 spiro atoms. The van der Waals surface area contributed by atoms with E-state index in [2.05, 4.69) is 26.2 Å². The molecule has 36 heteroatoms. The Morgan fingerprint density at radius 2 is 0.952 bits per heavy atom. The summed E-state index contributed by atoms with van der Waals surface area (Å²) in [7, 11) is -5.79. The summed E-state index contributed by atoms with van der Waals surface area (Å²) in [6.07, 6.45) is 19.3. The Morgan fingerprint density at radius 1 is 0.490 bits per heavy atom. The predicted octanol–water partition coefficient (Wildman–Crippen LogP) is 31.1. The fourth-order valence-electron chi connectivity index (χ4n) is 21.0. The molecule has 8 atom stereocenters. The second-order valence-electron chi connectivity index (χ2n) is 38.3. The van der Waals surface area contributed by atoms with Gasteiger partial charge < -0.3 is 18.8 Å². The molecule has 2 saturated carbocycles. The third-order valence-corrected chi connectivity index (χ3v) is 33.2. The summed E-state index contributed by atoms with van der Waals surface area (Å²) in [5.74, 6) is -0.624. The topological polar surface area (TPSA) is 244 Å². The number of aromatic hydroxyl groups is 1. The lowest BCUT2D eigenvalue weighted by atomic mass is 9.71. The van der Waals surface area contributed by atoms with E-state index >= 15 is 0 Å². The number of phenols is 1. The van der Waals surface area contributed by atoms with Crippen molar-refractivity contribution in [2.45, 2.75) is 202 Å². The van der Waals surface area contributed by atoms with Crippen LogP contribution in [0.2, 0.25) is 40.2 Å². The number of esters is 1. The molecule has 147 heavy (non-hydrogen) atoms. The minimum absolute atomic E-state index is 0.00476. The van der Waals surface area contributed by atoms with Gasteiger partial charge in [0.25, 0.3) is 0 Å². The van der Waals surface area contributed by atoms with Gasteiger partial charge in [0.1, 0.15) is 17.5 Å². The SMILES string of the molecule is CC(=O)CCC1(CCF)Cc2cc(C)c(Cl)cc2C1=O.CCOC(=O)C1Cc2cc(C)c(Cl)cc2C1=O.Cc1cc2c(cc1Cl)C(=O)C(CCF)C2.Cc1cc2c(cc1Cl)C(=O)CC2.Cc1cc2c(cc1Cl)C1=CC(=O)CCC1(CCF)C2.Cc1ccccc1Cl.ClCCl.FCCBr.O=C(Cl)CCCl.O=C1C=C2c3cc(Cl)c(O)cc3CC23CCC1C3.O=C1C=C2c3cc(Cl)c(OS(=O)(=O)C(F)(F)F)cc3CC23CCC1C3. The van der Waals surface area contributed by atoms with Crippen LogP contribution in [0.3, 0.4) is 0 Å². The molecule has 0 aromatic heterocycles. The number of alkyl halides is 11. The largest absolute Gasteiger partial charge is 0.534 e. The zero-order chi connectivity index (χ0) is 109. The Hall–Kier alpha value is -7.50. The van der Waals surface area contributed by atoms with Gasteiger partial charge in [0, 0.05) is 129 Å². The summed E-state index contributed by atoms with van der Waals surface area (Å²) in [5, 5.41) is 14.1. The number of halogens is 20. The van der Waals surface area contributed by atoms with Crippen LogP contribution in [0.5, 0.6) is 11.5 Å². The third-order valence-electron chi connectivity index (χ3n) is 28.5. The number of aryl methyl sites for hydroxylation is 7. The predicted molar refractivity (Wildman–Crippen MR) is 576 cm³/mol. The Labute approximate surface area is 920 Å². The van der Waals surface area contributed by atoms with Crippen LogP contribution in [0.25, 0.3) is 16.7 Å². The molecular formula is C111H110BrCl12F7O15S. The average Bonchev–Trinajstić information content (AvgIpc) is 1.57. The number of Topliss-reactive ketones (excluding diaryl/α,β-unsaturated/α-hetero) is 5. The van der Waals surface area contributed by atoms with Gasteiger partial charge in [-0.2, -0.15) is 21.6 Å². The standard InChI is InChI=1S/C16H12ClF3O4S.C16H18ClFO2.C16H16ClFO.C15H13ClO2.C13H13ClO3.C12H12ClFO.C10H9ClO.C7H7Cl.C3H4Cl2O.C2H4BrF.CH2Cl2/c17-12-4-10-9(3-14(12)24-25(22,23)16(18,19)20)7-15-2-1-8(6-15)13(21)5-11(10)15;1-10-7-12-9-16(5-6-18,4-3-11(2)19)15(20)13(12)8-14(10)17;1-10-6-11-9-16(4-5-18)3-2-12(19)7-14(16)13(11)8-15(10)17;16-12-4-10-9(3-14(12)18)7-15-2-1-8(6-15)13(17)5-11(10)15;1-3-17-13(16)10-5-8-4-7(2)11(14)6-9(8)12(10)15;1-7-4-9-5-8(2-3-14)12(15)10(9)6-11(7)13;1-6-4-7-2-3-10(12)8(7)5-9(6)11;1-6-4-2-3-5-7(6)8;4-2-1-3(5)6;3-1-2-4;2-1-3/h3-5,8H,1-2,6-7H2;7-8H,3-6,9H2,1-2H3;6-8H,2-5,9H2,1H3;3-5,8,18H,1-2,6-7H2;4,6,10H,3,5H2,1-2H3;4,6,8H,2-3,5H2,1H3;4-5H,2-3H2,1H3;2-5H,1H3;1-2H2;1-2H2;1H2. The molecule has 8 aromatic carbocycles. The van der Waals surface area contributed by atoms with Gasteiger partial charge in [0.15, 0.2) is 46.2 Å². The molecule has 0 radical (unpaired) electrons. The maximum Gasteiger partial charge on any atom is 0.534 e. The van der Waals surface area contributed by atoms with E-state index in [4.69, 9.17) is 144 Å². The average molecular weight is 2350 g/mol. The van der Waals surface area contributed by atoms with Crippen LogP contribution in [0.15, 0.2) is 127 Å². The second-order valence-corrected chi connectivity index (χ2v) is 45.5. The number of rotatable bonds is 16. The van der Waals surface area contributed by atoms with Gasteiger partial charge in [0.05, 0.1) is 48.7 Å². The Balaban J connectivity index is 0.000000171. The van der Waals surface area contributed by atoms with E-state index < -0.39 is 52.0 Å².